The van der Waals surface area contributed by atoms with Crippen LogP contribution in [0.1, 0.15) is 44.8 Å². The summed E-state index contributed by atoms with van der Waals surface area (Å²) in [6.45, 7) is 4.74. The largest absolute Gasteiger partial charge is 0.348 e. The summed E-state index contributed by atoms with van der Waals surface area (Å²) in [6.07, 6.45) is 4.47. The van der Waals surface area contributed by atoms with Crippen LogP contribution in [0.25, 0.3) is 0 Å². The summed E-state index contributed by atoms with van der Waals surface area (Å²) in [7, 11) is 0. The second-order valence-corrected chi connectivity index (χ2v) is 8.22. The molecular formula is C25H26FN5O2. The van der Waals surface area contributed by atoms with Crippen molar-refractivity contribution in [3.05, 3.63) is 89.1 Å². The number of aromatic nitrogens is 2. The molecule has 0 radical (unpaired) electrons. The fourth-order valence-electron chi connectivity index (χ4n) is 3.82. The lowest BCUT2D eigenvalue weighted by molar-refractivity contribution is 0.0904. The topological polar surface area (TPSA) is 87.2 Å². The molecule has 0 saturated carbocycles. The SMILES string of the molecule is Cc1ccc(CN2CCC(NC(=O)c3nccnc3NC(=O)c3ccc(F)cc3)CC2)cc1. The van der Waals surface area contributed by atoms with Gasteiger partial charge in [0.05, 0.1) is 0 Å². The third-order valence-corrected chi connectivity index (χ3v) is 5.70. The lowest BCUT2D eigenvalue weighted by atomic mass is 10.0. The van der Waals surface area contributed by atoms with Crippen LogP contribution >= 0.6 is 0 Å². The molecule has 3 aromatic rings. The molecular weight excluding hydrogens is 421 g/mol. The van der Waals surface area contributed by atoms with E-state index in [1.807, 2.05) is 0 Å². The number of rotatable bonds is 6. The van der Waals surface area contributed by atoms with Gasteiger partial charge in [-0.3, -0.25) is 14.5 Å². The minimum Gasteiger partial charge on any atom is -0.348 e. The Morgan fingerprint density at radius 1 is 0.970 bits per heavy atom. The molecule has 0 aliphatic carbocycles. The quantitative estimate of drug-likeness (QED) is 0.603. The first-order valence-corrected chi connectivity index (χ1v) is 10.9. The fourth-order valence-corrected chi connectivity index (χ4v) is 3.82. The summed E-state index contributed by atoms with van der Waals surface area (Å²) < 4.78 is 13.1. The van der Waals surface area contributed by atoms with E-state index >= 15 is 0 Å². The zero-order valence-electron chi connectivity index (χ0n) is 18.4. The second-order valence-electron chi connectivity index (χ2n) is 8.22. The number of nitrogens with one attached hydrogen (secondary N) is 2. The highest BCUT2D eigenvalue weighted by Gasteiger charge is 2.24. The van der Waals surface area contributed by atoms with Gasteiger partial charge in [0, 0.05) is 43.6 Å². The van der Waals surface area contributed by atoms with Gasteiger partial charge in [-0.05, 0) is 49.6 Å². The predicted molar refractivity (Wildman–Crippen MR) is 123 cm³/mol. The molecule has 1 aromatic heterocycles. The molecule has 7 nitrogen and oxygen atoms in total. The van der Waals surface area contributed by atoms with Crippen LogP contribution in [0.2, 0.25) is 0 Å². The van der Waals surface area contributed by atoms with Gasteiger partial charge in [-0.1, -0.05) is 29.8 Å². The Balaban J connectivity index is 1.33. The van der Waals surface area contributed by atoms with E-state index in [4.69, 9.17) is 0 Å². The minimum atomic E-state index is -0.492. The number of anilines is 1. The van der Waals surface area contributed by atoms with Gasteiger partial charge in [-0.15, -0.1) is 0 Å². The molecule has 8 heteroatoms. The molecule has 1 fully saturated rings. The van der Waals surface area contributed by atoms with Crippen LogP contribution in [0.15, 0.2) is 60.9 Å². The maximum Gasteiger partial charge on any atom is 0.273 e. The van der Waals surface area contributed by atoms with E-state index in [2.05, 4.69) is 56.7 Å². The van der Waals surface area contributed by atoms with Gasteiger partial charge in [0.25, 0.3) is 11.8 Å². The van der Waals surface area contributed by atoms with E-state index in [0.717, 1.165) is 32.5 Å². The van der Waals surface area contributed by atoms with Crippen LogP contribution in [-0.4, -0.2) is 45.8 Å². The zero-order chi connectivity index (χ0) is 23.2. The molecule has 1 aliphatic heterocycles. The number of amides is 2. The normalized spacial score (nSPS) is 14.6. The maximum atomic E-state index is 13.1. The van der Waals surface area contributed by atoms with E-state index in [1.165, 1.54) is 47.8 Å². The van der Waals surface area contributed by atoms with Gasteiger partial charge < -0.3 is 10.6 Å². The number of benzene rings is 2. The monoisotopic (exact) mass is 447 g/mol. The zero-order valence-corrected chi connectivity index (χ0v) is 18.4. The van der Waals surface area contributed by atoms with Crippen molar-refractivity contribution in [3.63, 3.8) is 0 Å². The molecule has 0 unspecified atom stereocenters. The standard InChI is InChI=1S/C25H26FN5O2/c1-17-2-4-18(5-3-17)16-31-14-10-21(11-15-31)29-25(33)22-23(28-13-12-27-22)30-24(32)19-6-8-20(26)9-7-19/h2-9,12-13,21H,10-11,14-16H2,1H3,(H,29,33)(H,28,30,32). The number of nitrogens with zero attached hydrogens (tertiary/aromatic N) is 3. The van der Waals surface area contributed by atoms with E-state index in [0.29, 0.717) is 0 Å². The number of piperidine rings is 1. The summed E-state index contributed by atoms with van der Waals surface area (Å²) in [5.74, 6) is -1.24. The minimum absolute atomic E-state index is 0.0226. The summed E-state index contributed by atoms with van der Waals surface area (Å²) in [4.78, 5) is 35.9. The van der Waals surface area contributed by atoms with Gasteiger partial charge in [-0.2, -0.15) is 0 Å². The van der Waals surface area contributed by atoms with Gasteiger partial charge in [0.15, 0.2) is 11.5 Å². The van der Waals surface area contributed by atoms with Crippen LogP contribution in [0.4, 0.5) is 10.2 Å². The number of carbonyl (C=O) groups is 2. The number of aryl methyl sites for hydroxylation is 1. The molecule has 0 bridgehead atoms. The highest BCUT2D eigenvalue weighted by Crippen LogP contribution is 2.16. The first-order valence-electron chi connectivity index (χ1n) is 10.9. The first kappa shape index (κ1) is 22.5. The van der Waals surface area contributed by atoms with E-state index in [1.54, 1.807) is 0 Å². The summed E-state index contributed by atoms with van der Waals surface area (Å²) in [6, 6.07) is 13.7. The average Bonchev–Trinajstić information content (AvgIpc) is 2.82. The lowest BCUT2D eigenvalue weighted by Gasteiger charge is -2.32. The van der Waals surface area contributed by atoms with Crippen molar-refractivity contribution in [2.24, 2.45) is 0 Å². The Bertz CT molecular complexity index is 1110. The molecule has 1 aliphatic rings. The number of carbonyl (C=O) groups excluding carboxylic acids is 2. The molecule has 33 heavy (non-hydrogen) atoms. The number of halogens is 1. The Labute approximate surface area is 192 Å². The predicted octanol–water partition coefficient (Wildman–Crippen LogP) is 3.57. The molecule has 1 saturated heterocycles. The third kappa shape index (κ3) is 5.98. The first-order chi connectivity index (χ1) is 16.0. The molecule has 0 spiro atoms. The molecule has 2 N–H and O–H groups in total. The van der Waals surface area contributed by atoms with Crippen molar-refractivity contribution in [2.45, 2.75) is 32.4 Å². The van der Waals surface area contributed by atoms with Gasteiger partial charge in [-0.25, -0.2) is 14.4 Å². The van der Waals surface area contributed by atoms with Crippen molar-refractivity contribution >= 4 is 17.6 Å². The smallest absolute Gasteiger partial charge is 0.273 e. The molecule has 170 valence electrons. The summed E-state index contributed by atoms with van der Waals surface area (Å²) in [5, 5.41) is 5.62. The molecule has 2 amide bonds. The second kappa shape index (κ2) is 10.3. The molecule has 2 heterocycles. The van der Waals surface area contributed by atoms with Crippen LogP contribution in [0.3, 0.4) is 0 Å². The van der Waals surface area contributed by atoms with E-state index < -0.39 is 11.7 Å². The Morgan fingerprint density at radius 2 is 1.64 bits per heavy atom. The van der Waals surface area contributed by atoms with Crippen molar-refractivity contribution in [1.82, 2.24) is 20.2 Å². The van der Waals surface area contributed by atoms with E-state index in [-0.39, 0.29) is 29.0 Å². The maximum absolute atomic E-state index is 13.1. The van der Waals surface area contributed by atoms with Crippen LogP contribution in [-0.2, 0) is 6.54 Å². The Hall–Kier alpha value is -3.65. The third-order valence-electron chi connectivity index (χ3n) is 5.70. The lowest BCUT2D eigenvalue weighted by Crippen LogP contribution is -2.44. The fraction of sp³-hybridized carbons (Fsp3) is 0.280. The van der Waals surface area contributed by atoms with E-state index in [9.17, 15) is 14.0 Å². The average molecular weight is 448 g/mol. The molecule has 0 atom stereocenters. The summed E-state index contributed by atoms with van der Waals surface area (Å²) >= 11 is 0. The molecule has 2 aromatic carbocycles. The Morgan fingerprint density at radius 3 is 2.33 bits per heavy atom. The van der Waals surface area contributed by atoms with Gasteiger partial charge in [0.2, 0.25) is 0 Å². The van der Waals surface area contributed by atoms with Gasteiger partial charge >= 0.3 is 0 Å². The highest BCUT2D eigenvalue weighted by molar-refractivity contribution is 6.07. The van der Waals surface area contributed by atoms with Gasteiger partial charge in [0.1, 0.15) is 5.82 Å². The van der Waals surface area contributed by atoms with Crippen LogP contribution in [0, 0.1) is 12.7 Å². The van der Waals surface area contributed by atoms with Crippen molar-refractivity contribution in [2.75, 3.05) is 18.4 Å². The number of hydrogen-bond acceptors (Lipinski definition) is 5. The van der Waals surface area contributed by atoms with Crippen LogP contribution in [0.5, 0.6) is 0 Å². The summed E-state index contributed by atoms with van der Waals surface area (Å²) in [5.41, 5.74) is 2.84. The van der Waals surface area contributed by atoms with Crippen molar-refractivity contribution in [1.29, 1.82) is 0 Å². The number of hydrogen-bond donors (Lipinski definition) is 2. The molecule has 4 rings (SSSR count). The Kier molecular flexibility index (Phi) is 7.04. The van der Waals surface area contributed by atoms with Crippen molar-refractivity contribution < 1.29 is 14.0 Å². The van der Waals surface area contributed by atoms with Crippen molar-refractivity contribution in [3.8, 4) is 0 Å². The highest BCUT2D eigenvalue weighted by atomic mass is 19.1. The number of likely N-dealkylation sites (tertiary alicyclic amines) is 1. The van der Waals surface area contributed by atoms with Crippen LogP contribution < -0.4 is 10.6 Å².